The summed E-state index contributed by atoms with van der Waals surface area (Å²) in [5, 5.41) is -0.227. The van der Waals surface area contributed by atoms with E-state index in [2.05, 4.69) is 0 Å². The largest absolute Gasteiger partial charge is 0.457 e. The predicted molar refractivity (Wildman–Crippen MR) is 80.6 cm³/mol. The molecule has 1 saturated carbocycles. The van der Waals surface area contributed by atoms with Gasteiger partial charge in [0.2, 0.25) is 10.9 Å². The summed E-state index contributed by atoms with van der Waals surface area (Å²) in [4.78, 5) is 12.1. The van der Waals surface area contributed by atoms with Crippen LogP contribution in [0.25, 0.3) is 0 Å². The highest BCUT2D eigenvalue weighted by Gasteiger charge is 2.30. The average Bonchev–Trinajstić information content (AvgIpc) is 3.07. The molecule has 0 atom stereocenters. The van der Waals surface area contributed by atoms with E-state index in [0.717, 1.165) is 32.1 Å². The molecule has 0 bridgehead atoms. The average molecular weight is 343 g/mol. The van der Waals surface area contributed by atoms with Crippen molar-refractivity contribution < 1.29 is 27.1 Å². The van der Waals surface area contributed by atoms with Crippen LogP contribution >= 0.6 is 0 Å². The molecule has 128 valence electrons. The van der Waals surface area contributed by atoms with E-state index in [0.29, 0.717) is 13.2 Å². The summed E-state index contributed by atoms with van der Waals surface area (Å²) in [6.07, 6.45) is 4.87. The zero-order valence-corrected chi connectivity index (χ0v) is 13.7. The van der Waals surface area contributed by atoms with Crippen molar-refractivity contribution in [2.75, 3.05) is 26.3 Å². The lowest BCUT2D eigenvalue weighted by atomic mass is 9.98. The number of morpholine rings is 1. The molecule has 0 unspecified atom stereocenters. The Kier molecular flexibility index (Phi) is 5.03. The van der Waals surface area contributed by atoms with Crippen LogP contribution in [0.15, 0.2) is 21.6 Å². The van der Waals surface area contributed by atoms with Gasteiger partial charge in [0.1, 0.15) is 6.10 Å². The van der Waals surface area contributed by atoms with Gasteiger partial charge in [-0.05, 0) is 37.8 Å². The SMILES string of the molecule is O=C(OC1CCCCC1)c1ccc(S(=O)(=O)N2CCOCC2)o1. The maximum absolute atomic E-state index is 12.4. The van der Waals surface area contributed by atoms with Crippen molar-refractivity contribution in [3.05, 3.63) is 17.9 Å². The quantitative estimate of drug-likeness (QED) is 0.775. The second-order valence-corrected chi connectivity index (χ2v) is 7.67. The molecule has 2 aliphatic rings. The van der Waals surface area contributed by atoms with E-state index in [9.17, 15) is 13.2 Å². The number of carbonyl (C=O) groups is 1. The van der Waals surface area contributed by atoms with Crippen molar-refractivity contribution >= 4 is 16.0 Å². The van der Waals surface area contributed by atoms with Crippen LogP contribution in [0, 0.1) is 0 Å². The van der Waals surface area contributed by atoms with E-state index in [-0.39, 0.29) is 30.0 Å². The number of carbonyl (C=O) groups excluding carboxylic acids is 1. The molecule has 1 aliphatic heterocycles. The summed E-state index contributed by atoms with van der Waals surface area (Å²) in [7, 11) is -3.73. The maximum atomic E-state index is 12.4. The minimum atomic E-state index is -3.73. The fourth-order valence-corrected chi connectivity index (χ4v) is 4.19. The lowest BCUT2D eigenvalue weighted by Gasteiger charge is -2.24. The Morgan fingerprint density at radius 2 is 1.83 bits per heavy atom. The highest BCUT2D eigenvalue weighted by molar-refractivity contribution is 7.89. The molecule has 8 heteroatoms. The third kappa shape index (κ3) is 3.76. The Morgan fingerprint density at radius 3 is 2.52 bits per heavy atom. The van der Waals surface area contributed by atoms with Gasteiger partial charge in [0.05, 0.1) is 13.2 Å². The fraction of sp³-hybridized carbons (Fsp3) is 0.667. The van der Waals surface area contributed by atoms with E-state index in [4.69, 9.17) is 13.9 Å². The summed E-state index contributed by atoms with van der Waals surface area (Å²) in [5.41, 5.74) is 0. The van der Waals surface area contributed by atoms with Gasteiger partial charge in [-0.2, -0.15) is 4.31 Å². The number of furan rings is 1. The Balaban J connectivity index is 1.68. The van der Waals surface area contributed by atoms with Crippen LogP contribution < -0.4 is 0 Å². The van der Waals surface area contributed by atoms with Crippen molar-refractivity contribution in [2.45, 2.75) is 43.3 Å². The van der Waals surface area contributed by atoms with Crippen LogP contribution in [0.4, 0.5) is 0 Å². The smallest absolute Gasteiger partial charge is 0.374 e. The molecule has 0 N–H and O–H groups in total. The van der Waals surface area contributed by atoms with Crippen molar-refractivity contribution in [3.8, 4) is 0 Å². The zero-order chi connectivity index (χ0) is 16.3. The van der Waals surface area contributed by atoms with Crippen LogP contribution in [-0.2, 0) is 19.5 Å². The Bertz CT molecular complexity index is 641. The molecular weight excluding hydrogens is 322 g/mol. The summed E-state index contributed by atoms with van der Waals surface area (Å²) in [5.74, 6) is -0.664. The molecule has 1 saturated heterocycles. The van der Waals surface area contributed by atoms with Crippen LogP contribution in [0.3, 0.4) is 0 Å². The summed E-state index contributed by atoms with van der Waals surface area (Å²) < 4.78 is 42.0. The molecular formula is C15H21NO6S. The topological polar surface area (TPSA) is 86.1 Å². The highest BCUT2D eigenvalue weighted by Crippen LogP contribution is 2.24. The maximum Gasteiger partial charge on any atom is 0.374 e. The Labute approximate surface area is 135 Å². The molecule has 1 aliphatic carbocycles. The normalized spacial score (nSPS) is 21.2. The molecule has 0 spiro atoms. The van der Waals surface area contributed by atoms with E-state index in [1.165, 1.54) is 16.4 Å². The van der Waals surface area contributed by atoms with Crippen molar-refractivity contribution in [1.29, 1.82) is 0 Å². The van der Waals surface area contributed by atoms with Gasteiger partial charge in [0.15, 0.2) is 0 Å². The molecule has 1 aromatic rings. The van der Waals surface area contributed by atoms with E-state index < -0.39 is 16.0 Å². The van der Waals surface area contributed by atoms with Gasteiger partial charge in [-0.15, -0.1) is 0 Å². The van der Waals surface area contributed by atoms with E-state index in [1.54, 1.807) is 0 Å². The molecule has 3 rings (SSSR count). The number of nitrogens with zero attached hydrogens (tertiary/aromatic N) is 1. The number of hydrogen-bond acceptors (Lipinski definition) is 6. The second-order valence-electron chi connectivity index (χ2n) is 5.80. The first-order valence-electron chi connectivity index (χ1n) is 7.96. The molecule has 2 heterocycles. The van der Waals surface area contributed by atoms with Crippen molar-refractivity contribution in [1.82, 2.24) is 4.31 Å². The monoisotopic (exact) mass is 343 g/mol. The zero-order valence-electron chi connectivity index (χ0n) is 12.9. The van der Waals surface area contributed by atoms with Gasteiger partial charge in [0, 0.05) is 13.1 Å². The second kappa shape index (κ2) is 7.02. The van der Waals surface area contributed by atoms with Crippen LogP contribution in [0.1, 0.15) is 42.7 Å². The van der Waals surface area contributed by atoms with Gasteiger partial charge in [-0.25, -0.2) is 13.2 Å². The predicted octanol–water partition coefficient (Wildman–Crippen LogP) is 1.79. The fourth-order valence-electron chi connectivity index (χ4n) is 2.88. The highest BCUT2D eigenvalue weighted by atomic mass is 32.2. The van der Waals surface area contributed by atoms with Crippen LogP contribution in [0.2, 0.25) is 0 Å². The lowest BCUT2D eigenvalue weighted by molar-refractivity contribution is 0.0171. The molecule has 0 radical (unpaired) electrons. The molecule has 23 heavy (non-hydrogen) atoms. The number of rotatable bonds is 4. The first-order valence-corrected chi connectivity index (χ1v) is 9.40. The van der Waals surface area contributed by atoms with E-state index in [1.807, 2.05) is 0 Å². The third-order valence-electron chi connectivity index (χ3n) is 4.17. The van der Waals surface area contributed by atoms with Gasteiger partial charge in [0.25, 0.3) is 10.0 Å². The van der Waals surface area contributed by atoms with Gasteiger partial charge in [-0.3, -0.25) is 0 Å². The number of sulfonamides is 1. The summed E-state index contributed by atoms with van der Waals surface area (Å²) >= 11 is 0. The first-order chi connectivity index (χ1) is 11.1. The molecule has 1 aromatic heterocycles. The number of hydrogen-bond donors (Lipinski definition) is 0. The number of ether oxygens (including phenoxy) is 2. The van der Waals surface area contributed by atoms with Gasteiger partial charge in [-0.1, -0.05) is 6.42 Å². The van der Waals surface area contributed by atoms with E-state index >= 15 is 0 Å². The molecule has 2 fully saturated rings. The van der Waals surface area contributed by atoms with Gasteiger partial charge < -0.3 is 13.9 Å². The van der Waals surface area contributed by atoms with Crippen LogP contribution in [0.5, 0.6) is 0 Å². The third-order valence-corrected chi connectivity index (χ3v) is 5.95. The van der Waals surface area contributed by atoms with Gasteiger partial charge >= 0.3 is 5.97 Å². The summed E-state index contributed by atoms with van der Waals surface area (Å²) in [6.45, 7) is 1.28. The minimum absolute atomic E-state index is 0.0672. The summed E-state index contributed by atoms with van der Waals surface area (Å²) in [6, 6.07) is 2.67. The van der Waals surface area contributed by atoms with Crippen molar-refractivity contribution in [3.63, 3.8) is 0 Å². The molecule has 7 nitrogen and oxygen atoms in total. The molecule has 0 aromatic carbocycles. The Hall–Kier alpha value is -1.38. The number of esters is 1. The minimum Gasteiger partial charge on any atom is -0.457 e. The van der Waals surface area contributed by atoms with Crippen LogP contribution in [-0.4, -0.2) is 51.1 Å². The lowest BCUT2D eigenvalue weighted by Crippen LogP contribution is -2.40. The standard InChI is InChI=1S/C15H21NO6S/c17-15(21-12-4-2-1-3-5-12)13-6-7-14(22-13)23(18,19)16-8-10-20-11-9-16/h6-7,12H,1-5,8-11H2. The first kappa shape index (κ1) is 16.5. The molecule has 0 amide bonds. The van der Waals surface area contributed by atoms with Crippen molar-refractivity contribution in [2.24, 2.45) is 0 Å². The Morgan fingerprint density at radius 1 is 1.13 bits per heavy atom.